The number of phenols is 1. The Bertz CT molecular complexity index is 324. The monoisotopic (exact) mass is 216 g/mol. The van der Waals surface area contributed by atoms with Gasteiger partial charge in [0.1, 0.15) is 13.6 Å². The smallest absolute Gasteiger partial charge is 0.119 e. The Labute approximate surface area is 100 Å². The fraction of sp³-hybridized carbons (Fsp3) is 0.571. The molecule has 0 saturated carbocycles. The molecule has 0 saturated heterocycles. The van der Waals surface area contributed by atoms with E-state index in [1.54, 1.807) is 0 Å². The Morgan fingerprint density at radius 3 is 2.50 bits per heavy atom. The van der Waals surface area contributed by atoms with Gasteiger partial charge in [-0.15, -0.1) is 0 Å². The fourth-order valence-corrected chi connectivity index (χ4v) is 2.13. The number of unbranched alkanes of at least 4 members (excludes halogenated alkanes) is 1. The van der Waals surface area contributed by atoms with Crippen LogP contribution >= 0.6 is 0 Å². The normalized spacial score (nSPS) is 12.7. The van der Waals surface area contributed by atoms with Crippen LogP contribution in [0.1, 0.15) is 56.6 Å². The van der Waals surface area contributed by atoms with E-state index in [0.29, 0.717) is 11.4 Å². The van der Waals surface area contributed by atoms with Crippen LogP contribution in [-0.2, 0) is 0 Å². The lowest BCUT2D eigenvalue weighted by Crippen LogP contribution is -2.09. The summed E-state index contributed by atoms with van der Waals surface area (Å²) in [6, 6.07) is 3.99. The van der Waals surface area contributed by atoms with Crippen LogP contribution < -0.4 is 5.46 Å². The number of benzene rings is 1. The minimum absolute atomic E-state index is 0.231. The summed E-state index contributed by atoms with van der Waals surface area (Å²) in [6.07, 6.45) is 4.81. The lowest BCUT2D eigenvalue weighted by atomic mass is 9.84. The summed E-state index contributed by atoms with van der Waals surface area (Å²) < 4.78 is 0. The summed E-state index contributed by atoms with van der Waals surface area (Å²) in [6.45, 7) is 6.32. The van der Waals surface area contributed by atoms with Crippen molar-refractivity contribution in [1.29, 1.82) is 0 Å². The summed E-state index contributed by atoms with van der Waals surface area (Å²) >= 11 is 0. The molecule has 2 heteroatoms. The molecule has 1 atom stereocenters. The van der Waals surface area contributed by atoms with Gasteiger partial charge in [0.2, 0.25) is 0 Å². The molecule has 0 fully saturated rings. The Morgan fingerprint density at radius 1 is 1.31 bits per heavy atom. The number of aromatic hydroxyl groups is 1. The Balaban J connectivity index is 2.92. The van der Waals surface area contributed by atoms with Crippen LogP contribution in [0.25, 0.3) is 0 Å². The third-order valence-corrected chi connectivity index (χ3v) is 3.22. The lowest BCUT2D eigenvalue weighted by molar-refractivity contribution is 0.474. The molecule has 1 nitrogen and oxygen atoms in total. The Kier molecular flexibility index (Phi) is 4.91. The van der Waals surface area contributed by atoms with Gasteiger partial charge in [0.15, 0.2) is 0 Å². The molecule has 16 heavy (non-hydrogen) atoms. The summed E-state index contributed by atoms with van der Waals surface area (Å²) in [7, 11) is 5.79. The first-order valence-corrected chi connectivity index (χ1v) is 6.19. The van der Waals surface area contributed by atoms with Crippen molar-refractivity contribution >= 4 is 13.3 Å². The molecule has 0 aliphatic rings. The van der Waals surface area contributed by atoms with Crippen molar-refractivity contribution in [3.8, 4) is 5.75 Å². The maximum Gasteiger partial charge on any atom is 0.119 e. The fourth-order valence-electron chi connectivity index (χ4n) is 2.13. The van der Waals surface area contributed by atoms with E-state index >= 15 is 0 Å². The van der Waals surface area contributed by atoms with Crippen molar-refractivity contribution in [2.24, 2.45) is 0 Å². The van der Waals surface area contributed by atoms with E-state index in [1.165, 1.54) is 24.8 Å². The zero-order chi connectivity index (χ0) is 12.1. The highest BCUT2D eigenvalue weighted by Gasteiger charge is 2.11. The largest absolute Gasteiger partial charge is 0.508 e. The average Bonchev–Trinajstić information content (AvgIpc) is 2.26. The molecule has 1 aromatic rings. The van der Waals surface area contributed by atoms with Gasteiger partial charge in [-0.2, -0.15) is 0 Å². The van der Waals surface area contributed by atoms with Crippen molar-refractivity contribution in [2.75, 3.05) is 0 Å². The van der Waals surface area contributed by atoms with Crippen molar-refractivity contribution in [3.63, 3.8) is 0 Å². The van der Waals surface area contributed by atoms with E-state index in [2.05, 4.69) is 19.9 Å². The summed E-state index contributed by atoms with van der Waals surface area (Å²) in [5.74, 6) is 0.802. The van der Waals surface area contributed by atoms with Crippen LogP contribution in [0.5, 0.6) is 5.75 Å². The molecule has 0 spiro atoms. The Morgan fingerprint density at radius 2 is 2.00 bits per heavy atom. The van der Waals surface area contributed by atoms with E-state index < -0.39 is 0 Å². The highest BCUT2D eigenvalue weighted by molar-refractivity contribution is 6.34. The van der Waals surface area contributed by atoms with Gasteiger partial charge in [0.25, 0.3) is 0 Å². The number of hydrogen-bond acceptors (Lipinski definition) is 1. The predicted molar refractivity (Wildman–Crippen MR) is 70.8 cm³/mol. The van der Waals surface area contributed by atoms with Crippen LogP contribution in [-0.4, -0.2) is 13.0 Å². The van der Waals surface area contributed by atoms with Crippen LogP contribution in [0.2, 0.25) is 0 Å². The first-order chi connectivity index (χ1) is 7.60. The summed E-state index contributed by atoms with van der Waals surface area (Å²) in [5, 5.41) is 9.64. The maximum atomic E-state index is 9.64. The zero-order valence-corrected chi connectivity index (χ0v) is 10.6. The van der Waals surface area contributed by atoms with Gasteiger partial charge < -0.3 is 5.11 Å². The molecule has 1 unspecified atom stereocenters. The molecule has 1 N–H and O–H groups in total. The minimum Gasteiger partial charge on any atom is -0.508 e. The van der Waals surface area contributed by atoms with E-state index in [1.807, 2.05) is 13.0 Å². The lowest BCUT2D eigenvalue weighted by Gasteiger charge is -2.17. The molecule has 0 aromatic heterocycles. The van der Waals surface area contributed by atoms with E-state index in [9.17, 15) is 5.11 Å². The van der Waals surface area contributed by atoms with Gasteiger partial charge in [0.05, 0.1) is 0 Å². The SMILES string of the molecule is [B]c1cc(C(CC)CCCC)cc(C)c1O. The van der Waals surface area contributed by atoms with Crippen molar-refractivity contribution < 1.29 is 5.11 Å². The van der Waals surface area contributed by atoms with Crippen LogP contribution in [0.15, 0.2) is 12.1 Å². The Hall–Kier alpha value is -0.915. The van der Waals surface area contributed by atoms with E-state index in [0.717, 1.165) is 12.0 Å². The first kappa shape index (κ1) is 13.2. The predicted octanol–water partition coefficient (Wildman–Crippen LogP) is 3.18. The van der Waals surface area contributed by atoms with Crippen LogP contribution in [0, 0.1) is 6.92 Å². The standard InChI is InChI=1S/C14H21BO/c1-4-6-7-11(5-2)12-8-10(3)14(16)13(15)9-12/h8-9,11,16H,4-7H2,1-3H3. The molecular formula is C14H21BO. The second kappa shape index (κ2) is 5.98. The topological polar surface area (TPSA) is 20.2 Å². The number of hydrogen-bond donors (Lipinski definition) is 1. The third-order valence-electron chi connectivity index (χ3n) is 3.22. The van der Waals surface area contributed by atoms with Crippen molar-refractivity contribution in [2.45, 2.75) is 52.4 Å². The van der Waals surface area contributed by atoms with E-state index in [4.69, 9.17) is 7.85 Å². The van der Waals surface area contributed by atoms with Crippen LogP contribution in [0.3, 0.4) is 0 Å². The molecule has 1 rings (SSSR count). The molecule has 2 radical (unpaired) electrons. The number of phenolic OH excluding ortho intramolecular Hbond substituents is 1. The number of aryl methyl sites for hydroxylation is 1. The minimum atomic E-state index is 0.231. The average molecular weight is 216 g/mol. The molecule has 0 amide bonds. The highest BCUT2D eigenvalue weighted by Crippen LogP contribution is 2.27. The highest BCUT2D eigenvalue weighted by atomic mass is 16.3. The molecular weight excluding hydrogens is 195 g/mol. The third kappa shape index (κ3) is 3.04. The van der Waals surface area contributed by atoms with Gasteiger partial charge in [-0.3, -0.25) is 0 Å². The maximum absolute atomic E-state index is 9.64. The second-order valence-corrected chi connectivity index (χ2v) is 4.52. The second-order valence-electron chi connectivity index (χ2n) is 4.52. The molecule has 0 bridgehead atoms. The molecule has 0 aliphatic heterocycles. The molecule has 0 heterocycles. The quantitative estimate of drug-likeness (QED) is 0.749. The zero-order valence-electron chi connectivity index (χ0n) is 10.6. The van der Waals surface area contributed by atoms with Gasteiger partial charge >= 0.3 is 0 Å². The molecule has 1 aromatic carbocycles. The van der Waals surface area contributed by atoms with Gasteiger partial charge in [-0.05, 0) is 36.8 Å². The van der Waals surface area contributed by atoms with Crippen molar-refractivity contribution in [3.05, 3.63) is 23.3 Å². The summed E-state index contributed by atoms with van der Waals surface area (Å²) in [4.78, 5) is 0. The van der Waals surface area contributed by atoms with Gasteiger partial charge in [0, 0.05) is 0 Å². The molecule has 0 aliphatic carbocycles. The first-order valence-electron chi connectivity index (χ1n) is 6.19. The van der Waals surface area contributed by atoms with Gasteiger partial charge in [-0.1, -0.05) is 44.3 Å². The number of rotatable bonds is 5. The van der Waals surface area contributed by atoms with Crippen molar-refractivity contribution in [1.82, 2.24) is 0 Å². The molecule has 86 valence electrons. The van der Waals surface area contributed by atoms with Gasteiger partial charge in [-0.25, -0.2) is 0 Å². The van der Waals surface area contributed by atoms with E-state index in [-0.39, 0.29) is 5.75 Å². The van der Waals surface area contributed by atoms with Crippen LogP contribution in [0.4, 0.5) is 0 Å². The summed E-state index contributed by atoms with van der Waals surface area (Å²) in [5.41, 5.74) is 2.65.